The third kappa shape index (κ3) is 6.35. The highest BCUT2D eigenvalue weighted by Gasteiger charge is 2.32. The van der Waals surface area contributed by atoms with Gasteiger partial charge in [0.25, 0.3) is 5.91 Å². The number of nitrogens with one attached hydrogen (secondary N) is 1. The third-order valence-electron chi connectivity index (χ3n) is 6.53. The molecular weight excluding hydrogens is 538 g/mol. The van der Waals surface area contributed by atoms with E-state index in [0.29, 0.717) is 13.1 Å². The summed E-state index contributed by atoms with van der Waals surface area (Å²) in [5, 5.41) is 2.85. The van der Waals surface area contributed by atoms with Crippen molar-refractivity contribution in [2.45, 2.75) is 61.5 Å². The van der Waals surface area contributed by atoms with E-state index < -0.39 is 26.0 Å². The summed E-state index contributed by atoms with van der Waals surface area (Å²) in [6, 6.07) is 9.85. The number of carbonyl (C=O) groups excluding carboxylic acids is 1. The van der Waals surface area contributed by atoms with Crippen molar-refractivity contribution in [1.29, 1.82) is 0 Å². The van der Waals surface area contributed by atoms with Crippen LogP contribution in [0.3, 0.4) is 0 Å². The van der Waals surface area contributed by atoms with Crippen LogP contribution >= 0.6 is 11.6 Å². The topological polar surface area (TPSA) is 113 Å². The molecule has 2 aliphatic heterocycles. The highest BCUT2D eigenvalue weighted by molar-refractivity contribution is 7.89. The number of ether oxygens (including phenoxy) is 1. The number of morpholine rings is 1. The Labute approximate surface area is 223 Å². The summed E-state index contributed by atoms with van der Waals surface area (Å²) in [6.07, 6.45) is 3.19. The molecule has 12 heteroatoms. The van der Waals surface area contributed by atoms with Crippen LogP contribution in [0.4, 0.5) is 5.69 Å². The standard InChI is InChI=1S/C25H32ClN3O6S2/c1-18-16-29(17-19(2)35-18)36(31,32)21-9-7-20(8-10-21)25(30)27-24-15-22(11-12-23(24)26)37(33,34)28-13-5-3-4-6-14-28/h7-12,15,18-19H,3-6,13-14,16-17H2,1-2H3,(H,27,30). The van der Waals surface area contributed by atoms with E-state index in [1.807, 2.05) is 13.8 Å². The molecule has 202 valence electrons. The van der Waals surface area contributed by atoms with E-state index in [0.717, 1.165) is 25.7 Å². The maximum absolute atomic E-state index is 13.2. The number of rotatable bonds is 6. The maximum atomic E-state index is 13.2. The smallest absolute Gasteiger partial charge is 0.255 e. The lowest BCUT2D eigenvalue weighted by Gasteiger charge is -2.34. The van der Waals surface area contributed by atoms with Crippen LogP contribution in [-0.2, 0) is 24.8 Å². The summed E-state index contributed by atoms with van der Waals surface area (Å²) >= 11 is 6.27. The predicted octanol–water partition coefficient (Wildman–Crippen LogP) is 3.95. The van der Waals surface area contributed by atoms with E-state index in [4.69, 9.17) is 16.3 Å². The number of hydrogen-bond donors (Lipinski definition) is 1. The number of nitrogens with zero attached hydrogens (tertiary/aromatic N) is 2. The predicted molar refractivity (Wildman–Crippen MR) is 142 cm³/mol. The number of sulfonamides is 2. The summed E-state index contributed by atoms with van der Waals surface area (Å²) in [4.78, 5) is 13.1. The Morgan fingerprint density at radius 1 is 0.838 bits per heavy atom. The lowest BCUT2D eigenvalue weighted by atomic mass is 10.2. The van der Waals surface area contributed by atoms with Gasteiger partial charge in [-0.2, -0.15) is 8.61 Å². The second-order valence-corrected chi connectivity index (χ2v) is 13.8. The zero-order valence-electron chi connectivity index (χ0n) is 20.9. The first-order valence-corrected chi connectivity index (χ1v) is 15.6. The highest BCUT2D eigenvalue weighted by atomic mass is 35.5. The van der Waals surface area contributed by atoms with E-state index >= 15 is 0 Å². The molecule has 2 aromatic rings. The van der Waals surface area contributed by atoms with E-state index in [2.05, 4.69) is 5.32 Å². The molecule has 2 unspecified atom stereocenters. The number of amides is 1. The monoisotopic (exact) mass is 569 g/mol. The third-order valence-corrected chi connectivity index (χ3v) is 10.6. The molecule has 2 aromatic carbocycles. The minimum absolute atomic E-state index is 0.0597. The zero-order chi connectivity index (χ0) is 26.8. The zero-order valence-corrected chi connectivity index (χ0v) is 23.3. The molecule has 1 N–H and O–H groups in total. The van der Waals surface area contributed by atoms with Crippen LogP contribution < -0.4 is 5.32 Å². The molecule has 0 saturated carbocycles. The molecule has 37 heavy (non-hydrogen) atoms. The van der Waals surface area contributed by atoms with Crippen LogP contribution in [0.15, 0.2) is 52.3 Å². The van der Waals surface area contributed by atoms with Gasteiger partial charge in [0.05, 0.1) is 32.7 Å². The van der Waals surface area contributed by atoms with Crippen LogP contribution in [0.25, 0.3) is 0 Å². The summed E-state index contributed by atoms with van der Waals surface area (Å²) in [7, 11) is -7.46. The van der Waals surface area contributed by atoms with Crippen molar-refractivity contribution < 1.29 is 26.4 Å². The fourth-order valence-corrected chi connectivity index (χ4v) is 7.94. The fraction of sp³-hybridized carbons (Fsp3) is 0.480. The van der Waals surface area contributed by atoms with Crippen molar-refractivity contribution >= 4 is 43.2 Å². The van der Waals surface area contributed by atoms with Gasteiger partial charge in [-0.25, -0.2) is 16.8 Å². The molecule has 9 nitrogen and oxygen atoms in total. The summed E-state index contributed by atoms with van der Waals surface area (Å²) in [6.45, 7) is 5.08. The van der Waals surface area contributed by atoms with E-state index in [-0.39, 0.29) is 51.4 Å². The first-order valence-electron chi connectivity index (χ1n) is 12.4. The Morgan fingerprint density at radius 3 is 1.97 bits per heavy atom. The van der Waals surface area contributed by atoms with Crippen molar-refractivity contribution in [1.82, 2.24) is 8.61 Å². The maximum Gasteiger partial charge on any atom is 0.255 e. The average molecular weight is 570 g/mol. The lowest BCUT2D eigenvalue weighted by molar-refractivity contribution is -0.0440. The molecular formula is C25H32ClN3O6S2. The van der Waals surface area contributed by atoms with Gasteiger partial charge in [-0.3, -0.25) is 4.79 Å². The minimum Gasteiger partial charge on any atom is -0.373 e. The van der Waals surface area contributed by atoms with Crippen LogP contribution in [0, 0.1) is 0 Å². The second-order valence-electron chi connectivity index (χ2n) is 9.52. The summed E-state index contributed by atoms with van der Waals surface area (Å²) < 4.78 is 61.0. The van der Waals surface area contributed by atoms with Crippen molar-refractivity contribution in [3.63, 3.8) is 0 Å². The molecule has 2 saturated heterocycles. The molecule has 2 fully saturated rings. The molecule has 4 rings (SSSR count). The first kappa shape index (κ1) is 28.0. The van der Waals surface area contributed by atoms with Crippen molar-refractivity contribution in [3.05, 3.63) is 53.1 Å². The van der Waals surface area contributed by atoms with Crippen LogP contribution in [0.2, 0.25) is 5.02 Å². The molecule has 0 bridgehead atoms. The van der Waals surface area contributed by atoms with Crippen molar-refractivity contribution in [3.8, 4) is 0 Å². The number of hydrogen-bond acceptors (Lipinski definition) is 6. The molecule has 0 aromatic heterocycles. The van der Waals surface area contributed by atoms with Crippen LogP contribution in [-0.4, -0.2) is 69.7 Å². The highest BCUT2D eigenvalue weighted by Crippen LogP contribution is 2.29. The normalized spacial score (nSPS) is 22.4. The van der Waals surface area contributed by atoms with Crippen molar-refractivity contribution in [2.24, 2.45) is 0 Å². The summed E-state index contributed by atoms with van der Waals surface area (Å²) in [5.74, 6) is -0.538. The number of benzene rings is 2. The van der Waals surface area contributed by atoms with E-state index in [1.165, 1.54) is 51.1 Å². The molecule has 0 spiro atoms. The number of halogens is 1. The van der Waals surface area contributed by atoms with Crippen LogP contribution in [0.5, 0.6) is 0 Å². The molecule has 2 atom stereocenters. The number of anilines is 1. The molecule has 0 radical (unpaired) electrons. The second kappa shape index (κ2) is 11.4. The largest absolute Gasteiger partial charge is 0.373 e. The van der Waals surface area contributed by atoms with Crippen LogP contribution in [0.1, 0.15) is 49.9 Å². The number of carbonyl (C=O) groups is 1. The Bertz CT molecular complexity index is 1330. The quantitative estimate of drug-likeness (QED) is 0.563. The molecule has 0 aliphatic carbocycles. The van der Waals surface area contributed by atoms with Gasteiger partial charge >= 0.3 is 0 Å². The van der Waals surface area contributed by atoms with Gasteiger partial charge in [-0.05, 0) is 69.2 Å². The van der Waals surface area contributed by atoms with Gasteiger partial charge in [0.1, 0.15) is 0 Å². The van der Waals surface area contributed by atoms with Gasteiger partial charge in [0.15, 0.2) is 0 Å². The van der Waals surface area contributed by atoms with Gasteiger partial charge in [0.2, 0.25) is 20.0 Å². The molecule has 1 amide bonds. The van der Waals surface area contributed by atoms with Gasteiger partial charge in [0, 0.05) is 31.7 Å². The SMILES string of the molecule is CC1CN(S(=O)(=O)c2ccc(C(=O)Nc3cc(S(=O)(=O)N4CCCCCC4)ccc3Cl)cc2)CC(C)O1. The Morgan fingerprint density at radius 2 is 1.38 bits per heavy atom. The Balaban J connectivity index is 1.50. The lowest BCUT2D eigenvalue weighted by Crippen LogP contribution is -2.48. The van der Waals surface area contributed by atoms with Gasteiger partial charge in [-0.15, -0.1) is 0 Å². The molecule has 2 heterocycles. The average Bonchev–Trinajstić information content (AvgIpc) is 3.15. The Hall–Kier alpha value is -2.02. The van der Waals surface area contributed by atoms with E-state index in [9.17, 15) is 21.6 Å². The van der Waals surface area contributed by atoms with Crippen molar-refractivity contribution in [2.75, 3.05) is 31.5 Å². The molecule has 2 aliphatic rings. The fourth-order valence-electron chi connectivity index (χ4n) is 4.64. The van der Waals surface area contributed by atoms with Gasteiger partial charge in [-0.1, -0.05) is 24.4 Å². The van der Waals surface area contributed by atoms with Gasteiger partial charge < -0.3 is 10.1 Å². The Kier molecular flexibility index (Phi) is 8.61. The first-order chi connectivity index (χ1) is 17.5. The summed E-state index contributed by atoms with van der Waals surface area (Å²) in [5.41, 5.74) is 0.370. The minimum atomic E-state index is -3.74. The van der Waals surface area contributed by atoms with E-state index in [1.54, 1.807) is 0 Å².